The second-order valence-corrected chi connectivity index (χ2v) is 6.47. The highest BCUT2D eigenvalue weighted by Crippen LogP contribution is 2.37. The number of carboxylic acids is 1. The quantitative estimate of drug-likeness (QED) is 0.552. The summed E-state index contributed by atoms with van der Waals surface area (Å²) in [6.45, 7) is 3.56. The number of nitrogens with zero attached hydrogens (tertiary/aromatic N) is 3. The molecule has 0 saturated heterocycles. The van der Waals surface area contributed by atoms with E-state index in [0.29, 0.717) is 11.3 Å². The third-order valence-corrected chi connectivity index (χ3v) is 4.45. The first-order chi connectivity index (χ1) is 14.2. The van der Waals surface area contributed by atoms with E-state index in [1.807, 2.05) is 0 Å². The molecular weight excluding hydrogens is 395 g/mol. The van der Waals surface area contributed by atoms with Crippen LogP contribution in [0.1, 0.15) is 21.6 Å². The molecular formula is C22H18F3N3O2. The first kappa shape index (κ1) is 21.0. The second-order valence-electron chi connectivity index (χ2n) is 6.47. The van der Waals surface area contributed by atoms with E-state index in [1.54, 1.807) is 37.4 Å². The Balaban J connectivity index is 2.21. The summed E-state index contributed by atoms with van der Waals surface area (Å²) in [6.07, 6.45) is -3.41. The number of hydrogen-bond acceptors (Lipinski definition) is 4. The maximum absolute atomic E-state index is 13.8. The Bertz CT molecular complexity index is 1070. The highest BCUT2D eigenvalue weighted by molar-refractivity contribution is 5.88. The van der Waals surface area contributed by atoms with Crippen molar-refractivity contribution in [2.24, 2.45) is 0 Å². The van der Waals surface area contributed by atoms with Gasteiger partial charge in [0.15, 0.2) is 11.5 Å². The molecule has 1 aromatic heterocycles. The lowest BCUT2D eigenvalue weighted by molar-refractivity contribution is -0.141. The van der Waals surface area contributed by atoms with Crippen LogP contribution in [0.2, 0.25) is 0 Å². The van der Waals surface area contributed by atoms with Gasteiger partial charge in [-0.25, -0.2) is 14.8 Å². The molecule has 0 atom stereocenters. The highest BCUT2D eigenvalue weighted by Gasteiger charge is 2.38. The molecule has 3 aromatic rings. The van der Waals surface area contributed by atoms with Crippen molar-refractivity contribution in [2.45, 2.75) is 12.6 Å². The van der Waals surface area contributed by atoms with Crippen molar-refractivity contribution in [3.63, 3.8) is 0 Å². The number of rotatable bonds is 6. The van der Waals surface area contributed by atoms with Gasteiger partial charge in [-0.3, -0.25) is 0 Å². The minimum Gasteiger partial charge on any atom is -0.478 e. The number of carbonyl (C=O) groups is 1. The number of anilines is 2. The van der Waals surface area contributed by atoms with Gasteiger partial charge in [0.25, 0.3) is 0 Å². The van der Waals surface area contributed by atoms with Crippen LogP contribution in [-0.4, -0.2) is 28.1 Å². The summed E-state index contributed by atoms with van der Waals surface area (Å²) in [5.74, 6) is -1.08. The summed E-state index contributed by atoms with van der Waals surface area (Å²) in [4.78, 5) is 20.8. The van der Waals surface area contributed by atoms with Crippen LogP contribution in [-0.2, 0) is 12.6 Å². The Morgan fingerprint density at radius 2 is 1.73 bits per heavy atom. The largest absolute Gasteiger partial charge is 0.478 e. The molecule has 0 saturated carbocycles. The number of carboxylic acid groups (broad SMARTS) is 1. The molecule has 5 nitrogen and oxygen atoms in total. The summed E-state index contributed by atoms with van der Waals surface area (Å²) >= 11 is 0. The molecule has 0 aliphatic heterocycles. The third-order valence-electron chi connectivity index (χ3n) is 4.45. The van der Waals surface area contributed by atoms with Gasteiger partial charge in [-0.1, -0.05) is 36.4 Å². The van der Waals surface area contributed by atoms with Gasteiger partial charge >= 0.3 is 12.1 Å². The van der Waals surface area contributed by atoms with Gasteiger partial charge < -0.3 is 10.0 Å². The minimum atomic E-state index is -4.69. The van der Waals surface area contributed by atoms with Gasteiger partial charge in [-0.15, -0.1) is 6.58 Å². The van der Waals surface area contributed by atoms with Crippen LogP contribution >= 0.6 is 0 Å². The zero-order valence-corrected chi connectivity index (χ0v) is 16.0. The van der Waals surface area contributed by atoms with Crippen molar-refractivity contribution < 1.29 is 23.1 Å². The number of allylic oxidation sites excluding steroid dienone is 1. The van der Waals surface area contributed by atoms with E-state index in [1.165, 1.54) is 35.2 Å². The van der Waals surface area contributed by atoms with Gasteiger partial charge in [0.1, 0.15) is 5.82 Å². The summed E-state index contributed by atoms with van der Waals surface area (Å²) in [6, 6.07) is 14.2. The Labute approximate surface area is 171 Å². The number of benzene rings is 2. The van der Waals surface area contributed by atoms with Crippen molar-refractivity contribution in [3.8, 4) is 11.4 Å². The minimum absolute atomic E-state index is 0.0558. The zero-order valence-electron chi connectivity index (χ0n) is 16.0. The molecule has 0 aliphatic rings. The van der Waals surface area contributed by atoms with Crippen LogP contribution in [0, 0.1) is 0 Å². The van der Waals surface area contributed by atoms with E-state index >= 15 is 0 Å². The lowest BCUT2D eigenvalue weighted by atomic mass is 10.1. The SMILES string of the molecule is C=CCc1c(N(C)c2ccc(C(=O)O)cc2)nc(-c2ccccc2)nc1C(F)(F)F. The van der Waals surface area contributed by atoms with Gasteiger partial charge in [0, 0.05) is 23.9 Å². The summed E-state index contributed by atoms with van der Waals surface area (Å²) in [5, 5.41) is 9.06. The second kappa shape index (κ2) is 8.36. The van der Waals surface area contributed by atoms with Crippen molar-refractivity contribution in [1.82, 2.24) is 9.97 Å². The topological polar surface area (TPSA) is 66.3 Å². The normalized spacial score (nSPS) is 11.2. The standard InChI is InChI=1S/C22H18F3N3O2/c1-3-7-17-18(22(23,24)25)26-19(14-8-5-4-6-9-14)27-20(17)28(2)16-12-10-15(11-13-16)21(29)30/h3-6,8-13H,1,7H2,2H3,(H,29,30). The molecule has 30 heavy (non-hydrogen) atoms. The molecule has 0 fully saturated rings. The summed E-state index contributed by atoms with van der Waals surface area (Å²) in [5.41, 5.74) is -0.135. The maximum Gasteiger partial charge on any atom is 0.433 e. The van der Waals surface area contributed by atoms with E-state index in [9.17, 15) is 18.0 Å². The average molecular weight is 413 g/mol. The molecule has 0 unspecified atom stereocenters. The Morgan fingerprint density at radius 1 is 1.10 bits per heavy atom. The molecule has 0 spiro atoms. The van der Waals surface area contributed by atoms with Gasteiger partial charge in [-0.2, -0.15) is 13.2 Å². The predicted molar refractivity (Wildman–Crippen MR) is 108 cm³/mol. The number of aromatic carboxylic acids is 1. The van der Waals surface area contributed by atoms with Gasteiger partial charge in [0.05, 0.1) is 5.56 Å². The molecule has 8 heteroatoms. The summed E-state index contributed by atoms with van der Waals surface area (Å²) < 4.78 is 41.5. The Morgan fingerprint density at radius 3 is 2.27 bits per heavy atom. The first-order valence-electron chi connectivity index (χ1n) is 8.94. The fraction of sp³-hybridized carbons (Fsp3) is 0.136. The zero-order chi connectivity index (χ0) is 21.9. The van der Waals surface area contributed by atoms with E-state index < -0.39 is 17.8 Å². The fourth-order valence-electron chi connectivity index (χ4n) is 2.98. The monoisotopic (exact) mass is 413 g/mol. The number of halogens is 3. The van der Waals surface area contributed by atoms with E-state index in [4.69, 9.17) is 5.11 Å². The van der Waals surface area contributed by atoms with E-state index in [-0.39, 0.29) is 29.2 Å². The Kier molecular flexibility index (Phi) is 5.86. The number of aromatic nitrogens is 2. The molecule has 154 valence electrons. The average Bonchev–Trinajstić information content (AvgIpc) is 2.73. The molecule has 1 N–H and O–H groups in total. The molecule has 3 rings (SSSR count). The van der Waals surface area contributed by atoms with Crippen molar-refractivity contribution >= 4 is 17.5 Å². The highest BCUT2D eigenvalue weighted by atomic mass is 19.4. The summed E-state index contributed by atoms with van der Waals surface area (Å²) in [7, 11) is 1.57. The van der Waals surface area contributed by atoms with E-state index in [0.717, 1.165) is 0 Å². The third kappa shape index (κ3) is 4.32. The van der Waals surface area contributed by atoms with Crippen LogP contribution in [0.15, 0.2) is 67.3 Å². The molecule has 2 aromatic carbocycles. The molecule has 1 heterocycles. The maximum atomic E-state index is 13.8. The van der Waals surface area contributed by atoms with Crippen LogP contribution < -0.4 is 4.90 Å². The van der Waals surface area contributed by atoms with Gasteiger partial charge in [0.2, 0.25) is 0 Å². The predicted octanol–water partition coefficient (Wildman–Crippen LogP) is 5.36. The van der Waals surface area contributed by atoms with Crippen molar-refractivity contribution in [2.75, 3.05) is 11.9 Å². The molecule has 0 aliphatic carbocycles. The van der Waals surface area contributed by atoms with Crippen LogP contribution in [0.5, 0.6) is 0 Å². The van der Waals surface area contributed by atoms with E-state index in [2.05, 4.69) is 16.5 Å². The van der Waals surface area contributed by atoms with Crippen LogP contribution in [0.3, 0.4) is 0 Å². The first-order valence-corrected chi connectivity index (χ1v) is 8.94. The Hall–Kier alpha value is -3.68. The van der Waals surface area contributed by atoms with Crippen LogP contribution in [0.25, 0.3) is 11.4 Å². The molecule has 0 radical (unpaired) electrons. The van der Waals surface area contributed by atoms with Crippen molar-refractivity contribution in [1.29, 1.82) is 0 Å². The lowest BCUT2D eigenvalue weighted by Crippen LogP contribution is -2.20. The molecule has 0 bridgehead atoms. The van der Waals surface area contributed by atoms with Gasteiger partial charge in [-0.05, 0) is 30.7 Å². The number of hydrogen-bond donors (Lipinski definition) is 1. The van der Waals surface area contributed by atoms with Crippen molar-refractivity contribution in [3.05, 3.63) is 84.1 Å². The lowest BCUT2D eigenvalue weighted by Gasteiger charge is -2.24. The fourth-order valence-corrected chi connectivity index (χ4v) is 2.98. The molecule has 0 amide bonds. The smallest absolute Gasteiger partial charge is 0.433 e. The van der Waals surface area contributed by atoms with Crippen LogP contribution in [0.4, 0.5) is 24.7 Å². The number of alkyl halides is 3.